The fourth-order valence-electron chi connectivity index (χ4n) is 3.47. The standard InChI is InChI=1S/C15H12BrFN2O3/c16-12-7(17)1-2-8-11(12)15(5-6-15)14(22)19(8)9-3-4-10(20)18-13(9)21/h1-2,9H,3-6H2,(H,18,20,21). The quantitative estimate of drug-likeness (QED) is 0.770. The lowest BCUT2D eigenvalue weighted by Crippen LogP contribution is -2.54. The van der Waals surface area contributed by atoms with Gasteiger partial charge >= 0.3 is 0 Å². The second kappa shape index (κ2) is 4.38. The van der Waals surface area contributed by atoms with E-state index in [1.54, 1.807) is 6.07 Å². The molecule has 2 heterocycles. The molecule has 1 saturated carbocycles. The van der Waals surface area contributed by atoms with Gasteiger partial charge in [0.25, 0.3) is 0 Å². The molecule has 3 amide bonds. The van der Waals surface area contributed by atoms with Gasteiger partial charge in [-0.05, 0) is 47.3 Å². The number of nitrogens with zero attached hydrogens (tertiary/aromatic N) is 1. The molecular formula is C15H12BrFN2O3. The molecule has 2 aliphatic heterocycles. The Balaban J connectivity index is 1.83. The number of fused-ring (bicyclic) bond motifs is 2. The highest BCUT2D eigenvalue weighted by molar-refractivity contribution is 9.10. The zero-order valence-corrected chi connectivity index (χ0v) is 13.1. The molecule has 22 heavy (non-hydrogen) atoms. The summed E-state index contributed by atoms with van der Waals surface area (Å²) in [6, 6.07) is 2.13. The summed E-state index contributed by atoms with van der Waals surface area (Å²) in [6.07, 6.45) is 1.81. The van der Waals surface area contributed by atoms with E-state index in [2.05, 4.69) is 21.2 Å². The van der Waals surface area contributed by atoms with Gasteiger partial charge in [0.2, 0.25) is 17.7 Å². The first-order valence-corrected chi connectivity index (χ1v) is 7.91. The normalized spacial score (nSPS) is 25.5. The van der Waals surface area contributed by atoms with Crippen LogP contribution < -0.4 is 10.2 Å². The molecule has 2 fully saturated rings. The first kappa shape index (κ1) is 13.9. The number of imide groups is 1. The molecule has 114 valence electrons. The van der Waals surface area contributed by atoms with Crippen LogP contribution in [0.5, 0.6) is 0 Å². The molecule has 0 aromatic heterocycles. The fraction of sp³-hybridized carbons (Fsp3) is 0.400. The smallest absolute Gasteiger partial charge is 0.249 e. The van der Waals surface area contributed by atoms with Crippen LogP contribution in [-0.2, 0) is 19.8 Å². The number of amides is 3. The molecule has 5 nitrogen and oxygen atoms in total. The van der Waals surface area contributed by atoms with Crippen molar-refractivity contribution in [3.8, 4) is 0 Å². The summed E-state index contributed by atoms with van der Waals surface area (Å²) in [5, 5.41) is 2.27. The van der Waals surface area contributed by atoms with Gasteiger partial charge in [-0.25, -0.2) is 4.39 Å². The maximum atomic E-state index is 13.9. The molecule has 4 rings (SSSR count). The van der Waals surface area contributed by atoms with Gasteiger partial charge < -0.3 is 0 Å². The van der Waals surface area contributed by atoms with E-state index in [-0.39, 0.29) is 18.2 Å². The van der Waals surface area contributed by atoms with Crippen LogP contribution >= 0.6 is 15.9 Å². The van der Waals surface area contributed by atoms with Gasteiger partial charge in [-0.15, -0.1) is 0 Å². The molecule has 1 unspecified atom stereocenters. The Morgan fingerprint density at radius 1 is 1.27 bits per heavy atom. The Bertz CT molecular complexity index is 745. The third-order valence-electron chi connectivity index (χ3n) is 4.71. The summed E-state index contributed by atoms with van der Waals surface area (Å²) in [5.74, 6) is -1.37. The number of anilines is 1. The molecule has 0 radical (unpaired) electrons. The van der Waals surface area contributed by atoms with Crippen molar-refractivity contribution in [3.63, 3.8) is 0 Å². The molecule has 1 aliphatic carbocycles. The maximum Gasteiger partial charge on any atom is 0.249 e. The highest BCUT2D eigenvalue weighted by Crippen LogP contribution is 2.60. The van der Waals surface area contributed by atoms with Crippen LogP contribution in [-0.4, -0.2) is 23.8 Å². The van der Waals surface area contributed by atoms with Crippen molar-refractivity contribution >= 4 is 39.3 Å². The number of benzene rings is 1. The third kappa shape index (κ3) is 1.65. The van der Waals surface area contributed by atoms with Gasteiger partial charge in [0.15, 0.2) is 0 Å². The van der Waals surface area contributed by atoms with Crippen LogP contribution in [0.3, 0.4) is 0 Å². The number of carbonyl (C=O) groups excluding carboxylic acids is 3. The number of hydrogen-bond donors (Lipinski definition) is 1. The maximum absolute atomic E-state index is 13.9. The summed E-state index contributed by atoms with van der Waals surface area (Å²) in [6.45, 7) is 0. The van der Waals surface area contributed by atoms with Gasteiger partial charge in [0, 0.05) is 12.0 Å². The lowest BCUT2D eigenvalue weighted by molar-refractivity contribution is -0.135. The second-order valence-electron chi connectivity index (χ2n) is 5.98. The SMILES string of the molecule is O=C1CCC(N2C(=O)C3(CC3)c3c2ccc(F)c3Br)C(=O)N1. The summed E-state index contributed by atoms with van der Waals surface area (Å²) in [7, 11) is 0. The predicted molar refractivity (Wildman–Crippen MR) is 78.7 cm³/mol. The Kier molecular flexibility index (Phi) is 2.76. The van der Waals surface area contributed by atoms with Crippen molar-refractivity contribution < 1.29 is 18.8 Å². The number of halogens is 2. The molecular weight excluding hydrogens is 355 g/mol. The van der Waals surface area contributed by atoms with Gasteiger partial charge in [-0.1, -0.05) is 0 Å². The summed E-state index contributed by atoms with van der Waals surface area (Å²) < 4.78 is 14.2. The van der Waals surface area contributed by atoms with Crippen molar-refractivity contribution in [2.75, 3.05) is 4.90 Å². The average molecular weight is 367 g/mol. The van der Waals surface area contributed by atoms with E-state index in [0.29, 0.717) is 35.0 Å². The van der Waals surface area contributed by atoms with Crippen molar-refractivity contribution in [2.24, 2.45) is 0 Å². The lowest BCUT2D eigenvalue weighted by Gasteiger charge is -2.30. The number of nitrogens with one attached hydrogen (secondary N) is 1. The van der Waals surface area contributed by atoms with Crippen LogP contribution in [0.25, 0.3) is 0 Å². The Morgan fingerprint density at radius 2 is 2.00 bits per heavy atom. The van der Waals surface area contributed by atoms with Crippen LogP contribution in [0.1, 0.15) is 31.2 Å². The van der Waals surface area contributed by atoms with Gasteiger partial charge in [-0.3, -0.25) is 24.6 Å². The van der Waals surface area contributed by atoms with E-state index in [4.69, 9.17) is 0 Å². The Morgan fingerprint density at radius 3 is 2.64 bits per heavy atom. The van der Waals surface area contributed by atoms with E-state index in [9.17, 15) is 18.8 Å². The minimum atomic E-state index is -0.707. The van der Waals surface area contributed by atoms with Crippen LogP contribution in [0.4, 0.5) is 10.1 Å². The van der Waals surface area contributed by atoms with E-state index in [0.717, 1.165) is 0 Å². The lowest BCUT2D eigenvalue weighted by atomic mass is 9.98. The zero-order chi connectivity index (χ0) is 15.6. The summed E-state index contributed by atoms with van der Waals surface area (Å²) in [5.41, 5.74) is 0.519. The van der Waals surface area contributed by atoms with Crippen LogP contribution in [0.2, 0.25) is 0 Å². The minimum Gasteiger partial charge on any atom is -0.299 e. The fourth-order valence-corrected chi connectivity index (χ4v) is 4.18. The van der Waals surface area contributed by atoms with Crippen LogP contribution in [0, 0.1) is 5.82 Å². The largest absolute Gasteiger partial charge is 0.299 e. The Labute approximate surface area is 134 Å². The van der Waals surface area contributed by atoms with Gasteiger partial charge in [0.1, 0.15) is 11.9 Å². The molecule has 7 heteroatoms. The average Bonchev–Trinajstić information content (AvgIpc) is 3.22. The first-order chi connectivity index (χ1) is 10.5. The molecule has 1 aromatic rings. The first-order valence-electron chi connectivity index (χ1n) is 7.11. The minimum absolute atomic E-state index is 0.164. The van der Waals surface area contributed by atoms with Crippen molar-refractivity contribution in [2.45, 2.75) is 37.1 Å². The second-order valence-corrected chi connectivity index (χ2v) is 6.77. The number of piperidine rings is 1. The summed E-state index contributed by atoms with van der Waals surface area (Å²) >= 11 is 3.24. The van der Waals surface area contributed by atoms with Crippen LogP contribution in [0.15, 0.2) is 16.6 Å². The van der Waals surface area contributed by atoms with E-state index in [1.165, 1.54) is 11.0 Å². The van der Waals surface area contributed by atoms with Gasteiger partial charge in [-0.2, -0.15) is 0 Å². The van der Waals surface area contributed by atoms with E-state index < -0.39 is 23.2 Å². The van der Waals surface area contributed by atoms with E-state index in [1.807, 2.05) is 0 Å². The highest BCUT2D eigenvalue weighted by atomic mass is 79.9. The van der Waals surface area contributed by atoms with Gasteiger partial charge in [0.05, 0.1) is 15.6 Å². The van der Waals surface area contributed by atoms with Crippen molar-refractivity contribution in [1.82, 2.24) is 5.32 Å². The topological polar surface area (TPSA) is 66.5 Å². The van der Waals surface area contributed by atoms with Crippen molar-refractivity contribution in [1.29, 1.82) is 0 Å². The molecule has 1 N–H and O–H groups in total. The number of carbonyl (C=O) groups is 3. The monoisotopic (exact) mass is 366 g/mol. The predicted octanol–water partition coefficient (Wildman–Crippen LogP) is 1.77. The number of hydrogen-bond acceptors (Lipinski definition) is 3. The Hall–Kier alpha value is -1.76. The number of rotatable bonds is 1. The summed E-state index contributed by atoms with van der Waals surface area (Å²) in [4.78, 5) is 37.7. The highest BCUT2D eigenvalue weighted by Gasteiger charge is 2.62. The van der Waals surface area contributed by atoms with E-state index >= 15 is 0 Å². The molecule has 1 spiro atoms. The molecule has 1 atom stereocenters. The zero-order valence-electron chi connectivity index (χ0n) is 11.5. The molecule has 0 bridgehead atoms. The molecule has 1 aromatic carbocycles. The molecule has 3 aliphatic rings. The molecule has 1 saturated heterocycles. The third-order valence-corrected chi connectivity index (χ3v) is 5.49. The van der Waals surface area contributed by atoms with Crippen molar-refractivity contribution in [3.05, 3.63) is 28.0 Å².